The maximum absolute atomic E-state index is 13.5. The van der Waals surface area contributed by atoms with Gasteiger partial charge in [0.2, 0.25) is 5.91 Å². The Morgan fingerprint density at radius 2 is 1.79 bits per heavy atom. The molecule has 1 N–H and O–H groups in total. The molecule has 3 aromatic rings. The molecule has 1 aliphatic rings. The van der Waals surface area contributed by atoms with E-state index in [1.807, 2.05) is 6.07 Å². The Hall–Kier alpha value is -3.31. The Kier molecular flexibility index (Phi) is 7.23. The van der Waals surface area contributed by atoms with Crippen molar-refractivity contribution in [1.29, 1.82) is 5.26 Å². The van der Waals surface area contributed by atoms with Crippen LogP contribution in [0, 0.1) is 17.1 Å². The van der Waals surface area contributed by atoms with Crippen molar-refractivity contribution >= 4 is 58.2 Å². The number of hydrogen-bond donors (Lipinski definition) is 1. The van der Waals surface area contributed by atoms with Crippen molar-refractivity contribution in [2.24, 2.45) is 0 Å². The molecule has 4 rings (SSSR count). The van der Waals surface area contributed by atoms with Gasteiger partial charge >= 0.3 is 0 Å². The first-order valence-electron chi connectivity index (χ1n) is 10.1. The normalized spacial score (nSPS) is 16.8. The molecule has 3 aromatic carbocycles. The van der Waals surface area contributed by atoms with Gasteiger partial charge in [0.05, 0.1) is 5.25 Å². The van der Waals surface area contributed by atoms with E-state index in [-0.39, 0.29) is 22.9 Å². The number of carbonyl (C=O) groups is 2. The number of anilines is 2. The Bertz CT molecular complexity index is 1320. The van der Waals surface area contributed by atoms with Gasteiger partial charge < -0.3 is 5.32 Å². The van der Waals surface area contributed by atoms with Crippen molar-refractivity contribution in [3.05, 3.63) is 105 Å². The van der Waals surface area contributed by atoms with E-state index in [1.54, 1.807) is 48.5 Å². The van der Waals surface area contributed by atoms with E-state index in [0.717, 1.165) is 11.8 Å². The van der Waals surface area contributed by atoms with Gasteiger partial charge in [-0.2, -0.15) is 5.26 Å². The molecule has 1 fully saturated rings. The molecule has 0 aliphatic carbocycles. The molecular formula is C25H16Cl2FN3O2S. The first kappa shape index (κ1) is 23.8. The maximum atomic E-state index is 13.5. The number of thioether (sulfide) groups is 1. The average Bonchev–Trinajstić information content (AvgIpc) is 3.13. The summed E-state index contributed by atoms with van der Waals surface area (Å²) in [4.78, 5) is 27.7. The van der Waals surface area contributed by atoms with Crippen LogP contribution in [0.25, 0.3) is 0 Å². The van der Waals surface area contributed by atoms with Crippen molar-refractivity contribution < 1.29 is 14.0 Å². The van der Waals surface area contributed by atoms with Gasteiger partial charge in [-0.25, -0.2) is 4.39 Å². The first-order valence-corrected chi connectivity index (χ1v) is 11.7. The van der Waals surface area contributed by atoms with Gasteiger partial charge in [0.25, 0.3) is 5.91 Å². The van der Waals surface area contributed by atoms with Gasteiger partial charge in [-0.1, -0.05) is 53.2 Å². The lowest BCUT2D eigenvalue weighted by molar-refractivity contribution is -0.117. The minimum atomic E-state index is -0.677. The largest absolute Gasteiger partial charge is 0.321 e. The third kappa shape index (κ3) is 5.10. The highest BCUT2D eigenvalue weighted by Gasteiger charge is 2.41. The molecule has 0 aromatic heterocycles. The van der Waals surface area contributed by atoms with Crippen LogP contribution >= 0.6 is 35.0 Å². The van der Waals surface area contributed by atoms with E-state index in [2.05, 4.69) is 5.32 Å². The zero-order valence-corrected chi connectivity index (χ0v) is 19.8. The van der Waals surface area contributed by atoms with Crippen LogP contribution in [0.3, 0.4) is 0 Å². The van der Waals surface area contributed by atoms with Gasteiger partial charge in [-0.3, -0.25) is 14.5 Å². The van der Waals surface area contributed by atoms with Crippen molar-refractivity contribution in [1.82, 2.24) is 0 Å². The second-order valence-corrected chi connectivity index (χ2v) is 9.34. The number of carbonyl (C=O) groups excluding carboxylic acids is 2. The molecule has 1 atom stereocenters. The van der Waals surface area contributed by atoms with Gasteiger partial charge in [0.1, 0.15) is 22.5 Å². The summed E-state index contributed by atoms with van der Waals surface area (Å²) in [6.07, 6.45) is 0.225. The second kappa shape index (κ2) is 10.3. The minimum absolute atomic E-state index is 0.163. The van der Waals surface area contributed by atoms with Gasteiger partial charge in [-0.15, -0.1) is 0 Å². The number of para-hydroxylation sites is 1. The number of benzene rings is 3. The Morgan fingerprint density at radius 3 is 2.47 bits per heavy atom. The van der Waals surface area contributed by atoms with E-state index in [4.69, 9.17) is 23.2 Å². The van der Waals surface area contributed by atoms with Crippen LogP contribution in [0.1, 0.15) is 5.56 Å². The summed E-state index contributed by atoms with van der Waals surface area (Å²) in [5.41, 5.74) is 1.28. The SMILES string of the molecule is N#C/C(C(=O)Nc1ccccc1)=C1/SC(Cc2cc(Cl)ccc2Cl)C(=O)N1c1ccc(F)cc1. The molecule has 1 heterocycles. The van der Waals surface area contributed by atoms with Gasteiger partial charge in [0.15, 0.2) is 0 Å². The highest BCUT2D eigenvalue weighted by Crippen LogP contribution is 2.42. The molecule has 9 heteroatoms. The topological polar surface area (TPSA) is 73.2 Å². The molecule has 0 bridgehead atoms. The standard InChI is InChI=1S/C25H16Cl2FN3O2S/c26-16-6-11-21(27)15(12-16)13-22-24(33)31(19-9-7-17(28)8-10-19)25(34-22)20(14-29)23(32)30-18-4-2-1-3-5-18/h1-12,22H,13H2,(H,30,32)/b25-20-. The molecule has 34 heavy (non-hydrogen) atoms. The molecule has 1 aliphatic heterocycles. The van der Waals surface area contributed by atoms with Gasteiger partial charge in [0, 0.05) is 21.4 Å². The smallest absolute Gasteiger partial charge is 0.269 e. The number of rotatable bonds is 5. The summed E-state index contributed by atoms with van der Waals surface area (Å²) < 4.78 is 13.5. The number of nitriles is 1. The summed E-state index contributed by atoms with van der Waals surface area (Å²) in [5.74, 6) is -1.49. The number of nitrogens with zero attached hydrogens (tertiary/aromatic N) is 2. The molecule has 1 unspecified atom stereocenters. The molecule has 0 spiro atoms. The van der Waals surface area contributed by atoms with Crippen LogP contribution in [0.2, 0.25) is 10.0 Å². The Balaban J connectivity index is 1.74. The first-order chi connectivity index (χ1) is 16.4. The van der Waals surface area contributed by atoms with Crippen LogP contribution in [0.5, 0.6) is 0 Å². The monoisotopic (exact) mass is 511 g/mol. The quantitative estimate of drug-likeness (QED) is 0.327. The average molecular weight is 512 g/mol. The third-order valence-electron chi connectivity index (χ3n) is 5.04. The fraction of sp³-hybridized carbons (Fsp3) is 0.0800. The van der Waals surface area contributed by atoms with Crippen LogP contribution in [-0.4, -0.2) is 17.1 Å². The highest BCUT2D eigenvalue weighted by atomic mass is 35.5. The van der Waals surface area contributed by atoms with Crippen LogP contribution in [0.15, 0.2) is 83.4 Å². The van der Waals surface area contributed by atoms with Crippen molar-refractivity contribution in [3.63, 3.8) is 0 Å². The summed E-state index contributed by atoms with van der Waals surface area (Å²) >= 11 is 13.5. The molecule has 0 radical (unpaired) electrons. The van der Waals surface area contributed by atoms with Crippen molar-refractivity contribution in [3.8, 4) is 6.07 Å². The van der Waals surface area contributed by atoms with E-state index < -0.39 is 17.0 Å². The van der Waals surface area contributed by atoms with Crippen LogP contribution in [-0.2, 0) is 16.0 Å². The fourth-order valence-corrected chi connectivity index (χ4v) is 5.11. The molecule has 2 amide bonds. The predicted molar refractivity (Wildman–Crippen MR) is 133 cm³/mol. The lowest BCUT2D eigenvalue weighted by Gasteiger charge is -2.18. The number of halogens is 3. The number of amides is 2. The molecule has 170 valence electrons. The number of nitrogens with one attached hydrogen (secondary N) is 1. The zero-order chi connectivity index (χ0) is 24.2. The fourth-order valence-electron chi connectivity index (χ4n) is 3.43. The number of hydrogen-bond acceptors (Lipinski definition) is 4. The van der Waals surface area contributed by atoms with Crippen LogP contribution in [0.4, 0.5) is 15.8 Å². The summed E-state index contributed by atoms with van der Waals surface area (Å²) in [5, 5.41) is 13.0. The van der Waals surface area contributed by atoms with E-state index in [1.165, 1.54) is 29.2 Å². The van der Waals surface area contributed by atoms with Gasteiger partial charge in [-0.05, 0) is 66.6 Å². The Morgan fingerprint density at radius 1 is 1.09 bits per heavy atom. The molecule has 0 saturated carbocycles. The zero-order valence-electron chi connectivity index (χ0n) is 17.5. The maximum Gasteiger partial charge on any atom is 0.269 e. The lowest BCUT2D eigenvalue weighted by Crippen LogP contribution is -2.31. The molecular weight excluding hydrogens is 496 g/mol. The molecule has 5 nitrogen and oxygen atoms in total. The van der Waals surface area contributed by atoms with Crippen molar-refractivity contribution in [2.75, 3.05) is 10.2 Å². The minimum Gasteiger partial charge on any atom is -0.321 e. The second-order valence-electron chi connectivity index (χ2n) is 7.31. The van der Waals surface area contributed by atoms with E-state index in [9.17, 15) is 19.2 Å². The molecule has 1 saturated heterocycles. The summed E-state index contributed by atoms with van der Waals surface area (Å²) in [7, 11) is 0. The van der Waals surface area contributed by atoms with E-state index >= 15 is 0 Å². The Labute approximate surface area is 209 Å². The third-order valence-corrected chi connectivity index (χ3v) is 6.90. The van der Waals surface area contributed by atoms with E-state index in [0.29, 0.717) is 27.0 Å². The summed E-state index contributed by atoms with van der Waals surface area (Å²) in [6.45, 7) is 0. The lowest BCUT2D eigenvalue weighted by atomic mass is 10.1. The summed E-state index contributed by atoms with van der Waals surface area (Å²) in [6, 6.07) is 20.8. The highest BCUT2D eigenvalue weighted by molar-refractivity contribution is 8.05. The predicted octanol–water partition coefficient (Wildman–Crippen LogP) is 6.20. The van der Waals surface area contributed by atoms with Crippen LogP contribution < -0.4 is 10.2 Å². The van der Waals surface area contributed by atoms with Crippen molar-refractivity contribution in [2.45, 2.75) is 11.7 Å².